The molecule has 0 heterocycles. The molecule has 168 valence electrons. The molecular weight excluding hydrogens is 382 g/mol. The third-order valence-corrected chi connectivity index (χ3v) is 6.01. The highest BCUT2D eigenvalue weighted by molar-refractivity contribution is 5.87. The Labute approximate surface area is 172 Å². The number of rotatable bonds is 14. The van der Waals surface area contributed by atoms with Crippen molar-refractivity contribution in [3.63, 3.8) is 0 Å². The topological polar surface area (TPSA) is 91.7 Å². The molecule has 0 radical (unpaired) electrons. The number of carboxylic acid groups (broad SMARTS) is 1. The van der Waals surface area contributed by atoms with Gasteiger partial charge in [-0.15, -0.1) is 0 Å². The van der Waals surface area contributed by atoms with Gasteiger partial charge in [0, 0.05) is 31.1 Å². The predicted molar refractivity (Wildman–Crippen MR) is 106 cm³/mol. The zero-order chi connectivity index (χ0) is 22.2. The SMILES string of the molecule is CC(C)C[C@H](C)C(F)(F)C(=O)CC[C@@H]1C(CCCCCCC(=O)O)C(=O)C[C@H]1O. The first-order chi connectivity index (χ1) is 13.5. The number of carbonyl (C=O) groups is 3. The first-order valence-electron chi connectivity index (χ1n) is 10.8. The van der Waals surface area contributed by atoms with E-state index in [4.69, 9.17) is 5.11 Å². The van der Waals surface area contributed by atoms with Gasteiger partial charge < -0.3 is 10.2 Å². The molecule has 2 N–H and O–H groups in total. The van der Waals surface area contributed by atoms with Crippen LogP contribution in [0.3, 0.4) is 0 Å². The van der Waals surface area contributed by atoms with Crippen molar-refractivity contribution in [1.29, 1.82) is 0 Å². The minimum atomic E-state index is -3.39. The highest BCUT2D eigenvalue weighted by Crippen LogP contribution is 2.38. The van der Waals surface area contributed by atoms with Gasteiger partial charge in [-0.25, -0.2) is 0 Å². The van der Waals surface area contributed by atoms with Crippen molar-refractivity contribution in [3.8, 4) is 0 Å². The summed E-state index contributed by atoms with van der Waals surface area (Å²) >= 11 is 0. The molecule has 0 saturated heterocycles. The molecule has 1 aliphatic rings. The number of aliphatic carboxylic acids is 1. The summed E-state index contributed by atoms with van der Waals surface area (Å²) in [4.78, 5) is 34.9. The van der Waals surface area contributed by atoms with Crippen molar-refractivity contribution in [3.05, 3.63) is 0 Å². The Morgan fingerprint density at radius 3 is 2.28 bits per heavy atom. The lowest BCUT2D eigenvalue weighted by Gasteiger charge is -2.25. The molecule has 1 saturated carbocycles. The van der Waals surface area contributed by atoms with Crippen molar-refractivity contribution in [2.45, 2.75) is 97.0 Å². The molecule has 0 aromatic heterocycles. The van der Waals surface area contributed by atoms with E-state index >= 15 is 0 Å². The molecule has 0 aromatic carbocycles. The van der Waals surface area contributed by atoms with Crippen molar-refractivity contribution >= 4 is 17.5 Å². The summed E-state index contributed by atoms with van der Waals surface area (Å²) in [5, 5.41) is 18.8. The van der Waals surface area contributed by atoms with E-state index in [1.54, 1.807) is 0 Å². The van der Waals surface area contributed by atoms with E-state index in [2.05, 4.69) is 0 Å². The third kappa shape index (κ3) is 8.11. The molecule has 1 fully saturated rings. The average Bonchev–Trinajstić information content (AvgIpc) is 2.87. The first-order valence-corrected chi connectivity index (χ1v) is 10.8. The number of carbonyl (C=O) groups excluding carboxylic acids is 2. The molecule has 1 rings (SSSR count). The zero-order valence-electron chi connectivity index (χ0n) is 17.8. The van der Waals surface area contributed by atoms with Crippen LogP contribution in [-0.2, 0) is 14.4 Å². The van der Waals surface area contributed by atoms with E-state index in [0.29, 0.717) is 12.8 Å². The van der Waals surface area contributed by atoms with Crippen LogP contribution in [0.5, 0.6) is 0 Å². The summed E-state index contributed by atoms with van der Waals surface area (Å²) in [6.45, 7) is 5.06. The van der Waals surface area contributed by atoms with Crippen LogP contribution in [0, 0.1) is 23.7 Å². The molecule has 0 spiro atoms. The van der Waals surface area contributed by atoms with Gasteiger partial charge in [0.15, 0.2) is 0 Å². The largest absolute Gasteiger partial charge is 0.481 e. The van der Waals surface area contributed by atoms with Crippen molar-refractivity contribution in [2.75, 3.05) is 0 Å². The normalized spacial score (nSPS) is 23.6. The first kappa shape index (κ1) is 25.7. The summed E-state index contributed by atoms with van der Waals surface area (Å²) in [6, 6.07) is 0. The van der Waals surface area contributed by atoms with Crippen molar-refractivity contribution in [2.24, 2.45) is 23.7 Å². The molecule has 0 amide bonds. The number of Topliss-reactive ketones (excluding diaryl/α,β-unsaturated/α-hetero) is 2. The summed E-state index contributed by atoms with van der Waals surface area (Å²) in [7, 11) is 0. The second-order valence-electron chi connectivity index (χ2n) is 8.97. The molecule has 7 heteroatoms. The van der Waals surface area contributed by atoms with Crippen LogP contribution < -0.4 is 0 Å². The Morgan fingerprint density at radius 2 is 1.69 bits per heavy atom. The number of alkyl halides is 2. The maximum Gasteiger partial charge on any atom is 0.307 e. The van der Waals surface area contributed by atoms with E-state index in [0.717, 1.165) is 19.3 Å². The maximum atomic E-state index is 14.4. The minimum absolute atomic E-state index is 0.0166. The standard InChI is InChI=1S/C22H36F2O5/c1-14(2)12-15(3)22(23,24)20(27)11-10-17-16(18(25)13-19(17)26)8-6-4-5-7-9-21(28)29/h14-17,19,26H,4-13H2,1-3H3,(H,28,29)/t15-,16?,17+,19+/m0/s1. The molecule has 0 aliphatic heterocycles. The zero-order valence-corrected chi connectivity index (χ0v) is 17.8. The van der Waals surface area contributed by atoms with Gasteiger partial charge in [0.2, 0.25) is 5.78 Å². The van der Waals surface area contributed by atoms with Gasteiger partial charge >= 0.3 is 11.9 Å². The van der Waals surface area contributed by atoms with E-state index in [9.17, 15) is 28.3 Å². The lowest BCUT2D eigenvalue weighted by molar-refractivity contribution is -0.152. The second-order valence-corrected chi connectivity index (χ2v) is 8.97. The van der Waals surface area contributed by atoms with Gasteiger partial charge in [0.1, 0.15) is 5.78 Å². The molecular formula is C22H36F2O5. The van der Waals surface area contributed by atoms with Gasteiger partial charge in [-0.3, -0.25) is 14.4 Å². The predicted octanol–water partition coefficient (Wildman–Crippen LogP) is 4.64. The van der Waals surface area contributed by atoms with Gasteiger partial charge in [0.05, 0.1) is 6.10 Å². The van der Waals surface area contributed by atoms with Gasteiger partial charge in [-0.2, -0.15) is 8.78 Å². The Bertz CT molecular complexity index is 561. The number of unbranched alkanes of at least 4 members (excludes halogenated alkanes) is 3. The summed E-state index contributed by atoms with van der Waals surface area (Å²) < 4.78 is 28.7. The number of aliphatic hydroxyl groups excluding tert-OH is 1. The van der Waals surface area contributed by atoms with Crippen LogP contribution in [0.1, 0.15) is 85.0 Å². The number of carboxylic acids is 1. The molecule has 1 unspecified atom stereocenters. The lowest BCUT2D eigenvalue weighted by Crippen LogP contribution is -2.37. The van der Waals surface area contributed by atoms with Gasteiger partial charge in [-0.1, -0.05) is 40.0 Å². The summed E-state index contributed by atoms with van der Waals surface area (Å²) in [5.74, 6) is -7.23. The second kappa shape index (κ2) is 11.7. The van der Waals surface area contributed by atoms with Crippen LogP contribution in [-0.4, -0.2) is 39.8 Å². The number of hydrogen-bond acceptors (Lipinski definition) is 4. The molecule has 29 heavy (non-hydrogen) atoms. The highest BCUT2D eigenvalue weighted by Gasteiger charge is 2.46. The number of halogens is 2. The summed E-state index contributed by atoms with van der Waals surface area (Å²) in [5.41, 5.74) is 0. The lowest BCUT2D eigenvalue weighted by atomic mass is 9.83. The van der Waals surface area contributed by atoms with Gasteiger partial charge in [0.25, 0.3) is 0 Å². The van der Waals surface area contributed by atoms with Crippen LogP contribution in [0.4, 0.5) is 8.78 Å². The van der Waals surface area contributed by atoms with Crippen LogP contribution in [0.15, 0.2) is 0 Å². The molecule has 1 aliphatic carbocycles. The van der Waals surface area contributed by atoms with Crippen LogP contribution >= 0.6 is 0 Å². The van der Waals surface area contributed by atoms with Crippen LogP contribution in [0.2, 0.25) is 0 Å². The number of aliphatic hydroxyl groups is 1. The molecule has 0 aromatic rings. The van der Waals surface area contributed by atoms with E-state index < -0.39 is 41.5 Å². The third-order valence-electron chi connectivity index (χ3n) is 6.01. The quantitative estimate of drug-likeness (QED) is 0.401. The summed E-state index contributed by atoms with van der Waals surface area (Å²) in [6.07, 6.45) is 2.65. The fourth-order valence-corrected chi connectivity index (χ4v) is 4.37. The fourth-order valence-electron chi connectivity index (χ4n) is 4.37. The van der Waals surface area contributed by atoms with Gasteiger partial charge in [-0.05, 0) is 37.5 Å². The molecule has 0 bridgehead atoms. The number of ketones is 2. The fraction of sp³-hybridized carbons (Fsp3) is 0.864. The van der Waals surface area contributed by atoms with E-state index in [1.807, 2.05) is 13.8 Å². The van der Waals surface area contributed by atoms with E-state index in [1.165, 1.54) is 6.92 Å². The molecule has 5 nitrogen and oxygen atoms in total. The van der Waals surface area contributed by atoms with Crippen molar-refractivity contribution in [1.82, 2.24) is 0 Å². The Balaban J connectivity index is 2.53. The Hall–Kier alpha value is -1.37. The minimum Gasteiger partial charge on any atom is -0.481 e. The van der Waals surface area contributed by atoms with E-state index in [-0.39, 0.29) is 43.8 Å². The Morgan fingerprint density at radius 1 is 1.07 bits per heavy atom. The number of hydrogen-bond donors (Lipinski definition) is 2. The Kier molecular flexibility index (Phi) is 10.4. The highest BCUT2D eigenvalue weighted by atomic mass is 19.3. The maximum absolute atomic E-state index is 14.4. The molecule has 4 atom stereocenters. The monoisotopic (exact) mass is 418 g/mol. The van der Waals surface area contributed by atoms with Crippen molar-refractivity contribution < 1.29 is 33.4 Å². The van der Waals surface area contributed by atoms with Crippen LogP contribution in [0.25, 0.3) is 0 Å². The average molecular weight is 419 g/mol. The smallest absolute Gasteiger partial charge is 0.307 e.